The summed E-state index contributed by atoms with van der Waals surface area (Å²) in [6, 6.07) is 7.87. The van der Waals surface area contributed by atoms with E-state index in [-0.39, 0.29) is 17.2 Å². The molecule has 118 valence electrons. The lowest BCUT2D eigenvalue weighted by Gasteiger charge is -2.28. The molecule has 0 spiro atoms. The molecule has 0 aliphatic carbocycles. The van der Waals surface area contributed by atoms with Crippen LogP contribution in [0.4, 0.5) is 0 Å². The van der Waals surface area contributed by atoms with Crippen molar-refractivity contribution < 1.29 is 20.1 Å². The van der Waals surface area contributed by atoms with Gasteiger partial charge in [0.2, 0.25) is 0 Å². The zero-order valence-corrected chi connectivity index (χ0v) is 12.9. The van der Waals surface area contributed by atoms with Crippen LogP contribution in [0.15, 0.2) is 36.4 Å². The first-order valence-electron chi connectivity index (χ1n) is 7.29. The third-order valence-corrected chi connectivity index (χ3v) is 3.64. The SMILES string of the molecule is CC1(C)C=Cc2c(O)cc(C=Cc3ccc(O)cc3O)cc2O1. The first-order valence-corrected chi connectivity index (χ1v) is 7.29. The van der Waals surface area contributed by atoms with E-state index in [0.717, 1.165) is 5.56 Å². The van der Waals surface area contributed by atoms with Gasteiger partial charge in [-0.3, -0.25) is 0 Å². The summed E-state index contributed by atoms with van der Waals surface area (Å²) in [7, 11) is 0. The summed E-state index contributed by atoms with van der Waals surface area (Å²) in [4.78, 5) is 0. The van der Waals surface area contributed by atoms with Gasteiger partial charge in [0.05, 0.1) is 5.56 Å². The highest BCUT2D eigenvalue weighted by Crippen LogP contribution is 2.38. The molecule has 1 aliphatic heterocycles. The zero-order chi connectivity index (χ0) is 16.6. The largest absolute Gasteiger partial charge is 0.508 e. The number of phenols is 3. The van der Waals surface area contributed by atoms with E-state index in [4.69, 9.17) is 4.74 Å². The number of ether oxygens (including phenoxy) is 1. The molecule has 4 nitrogen and oxygen atoms in total. The van der Waals surface area contributed by atoms with E-state index < -0.39 is 5.60 Å². The predicted molar refractivity (Wildman–Crippen MR) is 90.5 cm³/mol. The van der Waals surface area contributed by atoms with Gasteiger partial charge in [0.15, 0.2) is 0 Å². The fraction of sp³-hybridized carbons (Fsp3) is 0.158. The smallest absolute Gasteiger partial charge is 0.132 e. The van der Waals surface area contributed by atoms with Gasteiger partial charge in [-0.2, -0.15) is 0 Å². The van der Waals surface area contributed by atoms with Crippen molar-refractivity contribution in [3.63, 3.8) is 0 Å². The number of aromatic hydroxyl groups is 3. The molecule has 1 heterocycles. The Balaban J connectivity index is 1.94. The second-order valence-electron chi connectivity index (χ2n) is 6.07. The Morgan fingerprint density at radius 1 is 0.957 bits per heavy atom. The van der Waals surface area contributed by atoms with Crippen molar-refractivity contribution in [1.82, 2.24) is 0 Å². The number of hydrogen-bond acceptors (Lipinski definition) is 4. The second kappa shape index (κ2) is 5.39. The van der Waals surface area contributed by atoms with Crippen LogP contribution in [0.25, 0.3) is 18.2 Å². The standard InChI is InChI=1S/C19H18O4/c1-19(2)8-7-15-17(22)9-12(10-18(15)23-19)3-4-13-5-6-14(20)11-16(13)21/h3-11,20-22H,1-2H3. The summed E-state index contributed by atoms with van der Waals surface area (Å²) < 4.78 is 5.87. The van der Waals surface area contributed by atoms with Crippen molar-refractivity contribution in [2.45, 2.75) is 19.4 Å². The molecule has 2 aromatic rings. The molecule has 0 atom stereocenters. The van der Waals surface area contributed by atoms with Crippen LogP contribution in [0.1, 0.15) is 30.5 Å². The maximum Gasteiger partial charge on any atom is 0.132 e. The molecule has 3 rings (SSSR count). The van der Waals surface area contributed by atoms with Gasteiger partial charge < -0.3 is 20.1 Å². The Labute approximate surface area is 134 Å². The second-order valence-corrected chi connectivity index (χ2v) is 6.07. The van der Waals surface area contributed by atoms with Crippen LogP contribution >= 0.6 is 0 Å². The molecular weight excluding hydrogens is 292 g/mol. The Morgan fingerprint density at radius 3 is 2.48 bits per heavy atom. The molecule has 0 fully saturated rings. The van der Waals surface area contributed by atoms with Crippen LogP contribution in [-0.4, -0.2) is 20.9 Å². The van der Waals surface area contributed by atoms with Crippen LogP contribution in [0.5, 0.6) is 23.0 Å². The summed E-state index contributed by atoms with van der Waals surface area (Å²) in [6.45, 7) is 3.89. The molecule has 23 heavy (non-hydrogen) atoms. The number of rotatable bonds is 2. The quantitative estimate of drug-likeness (QED) is 0.729. The van der Waals surface area contributed by atoms with Crippen LogP contribution < -0.4 is 4.74 Å². The highest BCUT2D eigenvalue weighted by molar-refractivity contribution is 5.77. The lowest BCUT2D eigenvalue weighted by atomic mass is 10.00. The van der Waals surface area contributed by atoms with Gasteiger partial charge in [-0.15, -0.1) is 0 Å². The molecule has 0 saturated carbocycles. The van der Waals surface area contributed by atoms with Crippen molar-refractivity contribution in [1.29, 1.82) is 0 Å². The average Bonchev–Trinajstić information content (AvgIpc) is 2.44. The molecule has 0 bridgehead atoms. The van der Waals surface area contributed by atoms with Crippen molar-refractivity contribution >= 4 is 18.2 Å². The molecule has 3 N–H and O–H groups in total. The third-order valence-electron chi connectivity index (χ3n) is 3.64. The summed E-state index contributed by atoms with van der Waals surface area (Å²) in [5.74, 6) is 0.758. The van der Waals surface area contributed by atoms with Crippen molar-refractivity contribution in [2.24, 2.45) is 0 Å². The number of fused-ring (bicyclic) bond motifs is 1. The minimum atomic E-state index is -0.420. The van der Waals surface area contributed by atoms with Crippen molar-refractivity contribution in [3.05, 3.63) is 53.1 Å². The van der Waals surface area contributed by atoms with Gasteiger partial charge in [-0.1, -0.05) is 12.2 Å². The van der Waals surface area contributed by atoms with Gasteiger partial charge in [0.1, 0.15) is 28.6 Å². The fourth-order valence-corrected chi connectivity index (χ4v) is 2.44. The van der Waals surface area contributed by atoms with E-state index in [0.29, 0.717) is 16.9 Å². The van der Waals surface area contributed by atoms with Crippen LogP contribution in [0, 0.1) is 0 Å². The number of benzene rings is 2. The van der Waals surface area contributed by atoms with E-state index >= 15 is 0 Å². The zero-order valence-electron chi connectivity index (χ0n) is 12.9. The average molecular weight is 310 g/mol. The van der Waals surface area contributed by atoms with E-state index in [9.17, 15) is 15.3 Å². The van der Waals surface area contributed by atoms with Gasteiger partial charge in [0.25, 0.3) is 0 Å². The van der Waals surface area contributed by atoms with E-state index in [1.807, 2.05) is 32.1 Å². The van der Waals surface area contributed by atoms with Crippen molar-refractivity contribution in [2.75, 3.05) is 0 Å². The summed E-state index contributed by atoms with van der Waals surface area (Å²) in [6.07, 6.45) is 7.23. The summed E-state index contributed by atoms with van der Waals surface area (Å²) >= 11 is 0. The molecule has 0 radical (unpaired) electrons. The van der Waals surface area contributed by atoms with E-state index in [1.165, 1.54) is 12.1 Å². The highest BCUT2D eigenvalue weighted by atomic mass is 16.5. The van der Waals surface area contributed by atoms with Crippen LogP contribution in [0.2, 0.25) is 0 Å². The normalized spacial score (nSPS) is 15.4. The number of phenolic OH excluding ortho intramolecular Hbond substituents is 3. The lowest BCUT2D eigenvalue weighted by molar-refractivity contribution is 0.158. The molecule has 0 unspecified atom stereocenters. The molecule has 0 saturated heterocycles. The van der Waals surface area contributed by atoms with Crippen LogP contribution in [-0.2, 0) is 0 Å². The van der Waals surface area contributed by atoms with E-state index in [2.05, 4.69) is 0 Å². The monoisotopic (exact) mass is 310 g/mol. The molecule has 4 heteroatoms. The highest BCUT2D eigenvalue weighted by Gasteiger charge is 2.23. The number of hydrogen-bond donors (Lipinski definition) is 3. The Bertz CT molecular complexity index is 816. The molecule has 1 aliphatic rings. The lowest BCUT2D eigenvalue weighted by Crippen LogP contribution is -2.27. The summed E-state index contributed by atoms with van der Waals surface area (Å²) in [5, 5.41) is 29.2. The fourth-order valence-electron chi connectivity index (χ4n) is 2.44. The molecular formula is C19H18O4. The topological polar surface area (TPSA) is 69.9 Å². The third kappa shape index (κ3) is 3.16. The van der Waals surface area contributed by atoms with Gasteiger partial charge in [0, 0.05) is 11.6 Å². The van der Waals surface area contributed by atoms with Gasteiger partial charge in [-0.25, -0.2) is 0 Å². The first kappa shape index (κ1) is 15.0. The Hall–Kier alpha value is -2.88. The maximum absolute atomic E-state index is 10.1. The minimum absolute atomic E-state index is 0.00786. The molecule has 0 aromatic heterocycles. The molecule has 0 amide bonds. The maximum atomic E-state index is 10.1. The van der Waals surface area contributed by atoms with E-state index in [1.54, 1.807) is 24.3 Å². The first-order chi connectivity index (χ1) is 10.8. The Kier molecular flexibility index (Phi) is 3.52. The van der Waals surface area contributed by atoms with Gasteiger partial charge >= 0.3 is 0 Å². The van der Waals surface area contributed by atoms with Crippen molar-refractivity contribution in [3.8, 4) is 23.0 Å². The van der Waals surface area contributed by atoms with Gasteiger partial charge in [-0.05, 0) is 55.8 Å². The molecule has 2 aromatic carbocycles. The predicted octanol–water partition coefficient (Wildman–Crippen LogP) is 4.16. The van der Waals surface area contributed by atoms with Crippen LogP contribution in [0.3, 0.4) is 0 Å². The summed E-state index contributed by atoms with van der Waals surface area (Å²) in [5.41, 5.74) is 1.56. The Morgan fingerprint density at radius 2 is 1.74 bits per heavy atom. The minimum Gasteiger partial charge on any atom is -0.508 e.